The van der Waals surface area contributed by atoms with Crippen LogP contribution in [0.15, 0.2) is 34.9 Å². The van der Waals surface area contributed by atoms with Crippen LogP contribution in [0.2, 0.25) is 0 Å². The highest BCUT2D eigenvalue weighted by Crippen LogP contribution is 2.26. The largest absolute Gasteiger partial charge is 0.361 e. The van der Waals surface area contributed by atoms with Gasteiger partial charge in [0.05, 0.1) is 11.4 Å². The van der Waals surface area contributed by atoms with Crippen molar-refractivity contribution in [1.29, 1.82) is 0 Å². The van der Waals surface area contributed by atoms with Crippen LogP contribution in [0.25, 0.3) is 0 Å². The molecule has 1 N–H and O–H groups in total. The van der Waals surface area contributed by atoms with Crippen LogP contribution in [-0.4, -0.2) is 31.8 Å². The van der Waals surface area contributed by atoms with Crippen LogP contribution in [0.1, 0.15) is 22.7 Å². The highest BCUT2D eigenvalue weighted by Gasteiger charge is 2.28. The third-order valence-electron chi connectivity index (χ3n) is 3.35. The summed E-state index contributed by atoms with van der Waals surface area (Å²) in [5.74, 6) is 0.294. The molecule has 0 aliphatic carbocycles. The Morgan fingerprint density at radius 2 is 2.18 bits per heavy atom. The third-order valence-corrected chi connectivity index (χ3v) is 5.22. The van der Waals surface area contributed by atoms with Gasteiger partial charge in [0.15, 0.2) is 5.69 Å². The molecule has 116 valence electrons. The van der Waals surface area contributed by atoms with E-state index in [1.807, 2.05) is 0 Å². The summed E-state index contributed by atoms with van der Waals surface area (Å²) in [5.41, 5.74) is 1.23. The van der Waals surface area contributed by atoms with Gasteiger partial charge in [0.2, 0.25) is 10.0 Å². The van der Waals surface area contributed by atoms with E-state index in [1.54, 1.807) is 31.2 Å². The monoisotopic (exact) mass is 321 g/mol. The number of sulfonamides is 1. The molecule has 1 aliphatic rings. The number of carbonyl (C=O) groups is 1. The molecule has 0 unspecified atom stereocenters. The molecule has 0 atom stereocenters. The molecule has 1 amide bonds. The third kappa shape index (κ3) is 2.82. The van der Waals surface area contributed by atoms with Crippen LogP contribution in [0.5, 0.6) is 0 Å². The van der Waals surface area contributed by atoms with Crippen molar-refractivity contribution in [3.05, 3.63) is 41.8 Å². The molecule has 1 saturated heterocycles. The summed E-state index contributed by atoms with van der Waals surface area (Å²) in [4.78, 5) is 12.0. The lowest BCUT2D eigenvalue weighted by molar-refractivity contribution is 0.101. The molecule has 2 aromatic rings. The van der Waals surface area contributed by atoms with Crippen LogP contribution in [-0.2, 0) is 10.0 Å². The average Bonchev–Trinajstić information content (AvgIpc) is 3.04. The van der Waals surface area contributed by atoms with Crippen molar-refractivity contribution in [2.24, 2.45) is 0 Å². The molecule has 8 heteroatoms. The number of rotatable bonds is 3. The number of hydrogen-bond donors (Lipinski definition) is 1. The van der Waals surface area contributed by atoms with E-state index in [4.69, 9.17) is 4.52 Å². The maximum absolute atomic E-state index is 12.0. The Hall–Kier alpha value is -2.35. The second-order valence-electron chi connectivity index (χ2n) is 5.07. The van der Waals surface area contributed by atoms with E-state index >= 15 is 0 Å². The summed E-state index contributed by atoms with van der Waals surface area (Å²) in [7, 11) is -3.24. The number of amides is 1. The minimum absolute atomic E-state index is 0.155. The van der Waals surface area contributed by atoms with Gasteiger partial charge in [-0.25, -0.2) is 8.42 Å². The average molecular weight is 321 g/mol. The lowest BCUT2D eigenvalue weighted by atomic mass is 10.2. The van der Waals surface area contributed by atoms with E-state index in [1.165, 1.54) is 10.4 Å². The van der Waals surface area contributed by atoms with Crippen molar-refractivity contribution < 1.29 is 17.7 Å². The van der Waals surface area contributed by atoms with Gasteiger partial charge in [-0.15, -0.1) is 0 Å². The SMILES string of the molecule is Cc1cc(C(=O)Nc2cccc(N3CCCS3(=O)=O)c2)no1. The Balaban J connectivity index is 1.81. The van der Waals surface area contributed by atoms with E-state index in [2.05, 4.69) is 10.5 Å². The molecular formula is C14H15N3O4S. The van der Waals surface area contributed by atoms with Gasteiger partial charge >= 0.3 is 0 Å². The zero-order chi connectivity index (χ0) is 15.7. The first-order valence-electron chi connectivity index (χ1n) is 6.81. The quantitative estimate of drug-likeness (QED) is 0.930. The maximum atomic E-state index is 12.0. The first kappa shape index (κ1) is 14.6. The van der Waals surface area contributed by atoms with E-state index in [0.717, 1.165) is 0 Å². The molecule has 7 nitrogen and oxygen atoms in total. The predicted molar refractivity (Wildman–Crippen MR) is 81.4 cm³/mol. The maximum Gasteiger partial charge on any atom is 0.277 e. The summed E-state index contributed by atoms with van der Waals surface area (Å²) in [6.07, 6.45) is 0.608. The number of nitrogens with zero attached hydrogens (tertiary/aromatic N) is 2. The van der Waals surface area contributed by atoms with E-state index in [0.29, 0.717) is 30.1 Å². The number of benzene rings is 1. The van der Waals surface area contributed by atoms with Crippen LogP contribution in [0.3, 0.4) is 0 Å². The summed E-state index contributed by atoms with van der Waals surface area (Å²) in [6, 6.07) is 8.26. The molecule has 0 bridgehead atoms. The molecule has 3 rings (SSSR count). The number of nitrogens with one attached hydrogen (secondary N) is 1. The Labute approximate surface area is 128 Å². The standard InChI is InChI=1S/C14H15N3O4S/c1-10-8-13(16-21-10)14(18)15-11-4-2-5-12(9-11)17-6-3-7-22(17,19)20/h2,4-5,8-9H,3,6-7H2,1H3,(H,15,18). The van der Waals surface area contributed by atoms with Gasteiger partial charge in [0.1, 0.15) is 5.76 Å². The Kier molecular flexibility index (Phi) is 3.61. The first-order valence-corrected chi connectivity index (χ1v) is 8.42. The smallest absolute Gasteiger partial charge is 0.277 e. The fourth-order valence-electron chi connectivity index (χ4n) is 2.34. The van der Waals surface area contributed by atoms with Crippen molar-refractivity contribution in [2.45, 2.75) is 13.3 Å². The normalized spacial score (nSPS) is 16.7. The molecule has 0 radical (unpaired) electrons. The molecule has 0 spiro atoms. The van der Waals surface area contributed by atoms with Crippen molar-refractivity contribution in [1.82, 2.24) is 5.16 Å². The molecule has 1 fully saturated rings. The summed E-state index contributed by atoms with van der Waals surface area (Å²) in [5, 5.41) is 6.32. The second kappa shape index (κ2) is 5.45. The molecular weight excluding hydrogens is 306 g/mol. The Bertz CT molecular complexity index is 813. The van der Waals surface area contributed by atoms with Gasteiger partial charge in [-0.05, 0) is 31.5 Å². The van der Waals surface area contributed by atoms with E-state index in [-0.39, 0.29) is 11.4 Å². The zero-order valence-electron chi connectivity index (χ0n) is 11.9. The van der Waals surface area contributed by atoms with E-state index in [9.17, 15) is 13.2 Å². The second-order valence-corrected chi connectivity index (χ2v) is 7.08. The fourth-order valence-corrected chi connectivity index (χ4v) is 3.89. The molecule has 1 aromatic heterocycles. The highest BCUT2D eigenvalue weighted by molar-refractivity contribution is 7.93. The molecule has 2 heterocycles. The fraction of sp³-hybridized carbons (Fsp3) is 0.286. The van der Waals surface area contributed by atoms with Gasteiger partial charge in [-0.1, -0.05) is 11.2 Å². The molecule has 22 heavy (non-hydrogen) atoms. The van der Waals surface area contributed by atoms with E-state index < -0.39 is 15.9 Å². The van der Waals surface area contributed by atoms with Crippen molar-refractivity contribution in [3.8, 4) is 0 Å². The first-order chi connectivity index (χ1) is 10.5. The molecule has 0 saturated carbocycles. The minimum Gasteiger partial charge on any atom is -0.361 e. The summed E-state index contributed by atoms with van der Waals surface area (Å²) < 4.78 is 30.1. The van der Waals surface area contributed by atoms with Crippen LogP contribution in [0, 0.1) is 6.92 Å². The minimum atomic E-state index is -3.24. The summed E-state index contributed by atoms with van der Waals surface area (Å²) in [6.45, 7) is 2.16. The van der Waals surface area contributed by atoms with Gasteiger partial charge < -0.3 is 9.84 Å². The van der Waals surface area contributed by atoms with Crippen LogP contribution >= 0.6 is 0 Å². The number of carbonyl (C=O) groups excluding carboxylic acids is 1. The van der Waals surface area contributed by atoms with Gasteiger partial charge in [-0.2, -0.15) is 0 Å². The van der Waals surface area contributed by atoms with Gasteiger partial charge in [-0.3, -0.25) is 9.10 Å². The predicted octanol–water partition coefficient (Wildman–Crippen LogP) is 1.78. The highest BCUT2D eigenvalue weighted by atomic mass is 32.2. The van der Waals surface area contributed by atoms with Gasteiger partial charge in [0, 0.05) is 18.3 Å². The van der Waals surface area contributed by atoms with Crippen LogP contribution in [0.4, 0.5) is 11.4 Å². The Morgan fingerprint density at radius 1 is 1.36 bits per heavy atom. The molecule has 1 aromatic carbocycles. The Morgan fingerprint density at radius 3 is 2.82 bits per heavy atom. The zero-order valence-corrected chi connectivity index (χ0v) is 12.8. The topological polar surface area (TPSA) is 92.5 Å². The summed E-state index contributed by atoms with van der Waals surface area (Å²) >= 11 is 0. The van der Waals surface area contributed by atoms with Crippen molar-refractivity contribution in [3.63, 3.8) is 0 Å². The number of anilines is 2. The molecule has 1 aliphatic heterocycles. The number of aromatic nitrogens is 1. The van der Waals surface area contributed by atoms with Crippen LogP contribution < -0.4 is 9.62 Å². The van der Waals surface area contributed by atoms with Crippen molar-refractivity contribution in [2.75, 3.05) is 21.9 Å². The lowest BCUT2D eigenvalue weighted by Crippen LogP contribution is -2.25. The number of aryl methyl sites for hydroxylation is 1. The number of hydrogen-bond acceptors (Lipinski definition) is 5. The van der Waals surface area contributed by atoms with Gasteiger partial charge in [0.25, 0.3) is 5.91 Å². The van der Waals surface area contributed by atoms with Crippen molar-refractivity contribution >= 4 is 27.3 Å². The lowest BCUT2D eigenvalue weighted by Gasteiger charge is -2.17.